The van der Waals surface area contributed by atoms with Crippen LogP contribution in [0.3, 0.4) is 0 Å². The van der Waals surface area contributed by atoms with E-state index in [1.807, 2.05) is 0 Å². The summed E-state index contributed by atoms with van der Waals surface area (Å²) >= 11 is 0. The predicted molar refractivity (Wildman–Crippen MR) is 61.8 cm³/mol. The second-order valence-corrected chi connectivity index (χ2v) is 4.21. The lowest BCUT2D eigenvalue weighted by Gasteiger charge is -2.25. The van der Waals surface area contributed by atoms with Gasteiger partial charge in [-0.15, -0.1) is 0 Å². The summed E-state index contributed by atoms with van der Waals surface area (Å²) in [6.07, 6.45) is -5.91. The molecule has 1 aromatic rings. The Kier molecular flexibility index (Phi) is 4.69. The van der Waals surface area contributed by atoms with Gasteiger partial charge in [0, 0.05) is 20.1 Å². The molecule has 0 aromatic heterocycles. The van der Waals surface area contributed by atoms with Gasteiger partial charge < -0.3 is 10.6 Å². The third-order valence-corrected chi connectivity index (χ3v) is 2.72. The number of halogens is 5. The molecule has 1 aromatic carbocycles. The Morgan fingerprint density at radius 2 is 1.65 bits per heavy atom. The third kappa shape index (κ3) is 3.24. The number of carbonyl (C=O) groups excluding carboxylic acids is 1. The minimum absolute atomic E-state index is 0.0911. The second kappa shape index (κ2) is 5.74. The molecular weight excluding hydrogens is 283 g/mol. The van der Waals surface area contributed by atoms with Crippen molar-refractivity contribution in [3.8, 4) is 0 Å². The van der Waals surface area contributed by atoms with Crippen molar-refractivity contribution in [3.63, 3.8) is 0 Å². The molecule has 3 nitrogen and oxygen atoms in total. The molecule has 1 amide bonds. The Balaban J connectivity index is 2.91. The highest BCUT2D eigenvalue weighted by molar-refractivity contribution is 5.84. The maximum absolute atomic E-state index is 12.9. The molecule has 0 spiro atoms. The van der Waals surface area contributed by atoms with Crippen molar-refractivity contribution in [2.45, 2.75) is 25.2 Å². The highest BCUT2D eigenvalue weighted by Gasteiger charge is 2.64. The van der Waals surface area contributed by atoms with Gasteiger partial charge in [0.1, 0.15) is 0 Å². The molecule has 1 rings (SSSR count). The summed E-state index contributed by atoms with van der Waals surface area (Å²) in [6.45, 7) is -0.286. The number of hydrogen-bond donors (Lipinski definition) is 1. The Morgan fingerprint density at radius 3 is 2.10 bits per heavy atom. The van der Waals surface area contributed by atoms with Crippen LogP contribution in [-0.4, -0.2) is 30.0 Å². The van der Waals surface area contributed by atoms with Crippen LogP contribution in [0, 0.1) is 0 Å². The van der Waals surface area contributed by atoms with Gasteiger partial charge in [-0.1, -0.05) is 24.3 Å². The van der Waals surface area contributed by atoms with E-state index in [1.165, 1.54) is 6.07 Å². The van der Waals surface area contributed by atoms with Crippen molar-refractivity contribution in [1.29, 1.82) is 0 Å². The van der Waals surface area contributed by atoms with Crippen LogP contribution >= 0.6 is 0 Å². The van der Waals surface area contributed by atoms with Crippen LogP contribution in [0.1, 0.15) is 11.1 Å². The van der Waals surface area contributed by atoms with Gasteiger partial charge in [0.25, 0.3) is 0 Å². The van der Waals surface area contributed by atoms with E-state index in [1.54, 1.807) is 18.2 Å². The lowest BCUT2D eigenvalue weighted by Crippen LogP contribution is -2.50. The lowest BCUT2D eigenvalue weighted by molar-refractivity contribution is -0.274. The van der Waals surface area contributed by atoms with Gasteiger partial charge in [0.05, 0.1) is 0 Å². The van der Waals surface area contributed by atoms with Crippen molar-refractivity contribution >= 4 is 5.91 Å². The Bertz CT molecular complexity index is 487. The fourth-order valence-corrected chi connectivity index (χ4v) is 1.60. The highest BCUT2D eigenvalue weighted by Crippen LogP contribution is 2.36. The summed E-state index contributed by atoms with van der Waals surface area (Å²) in [5, 5.41) is 0. The summed E-state index contributed by atoms with van der Waals surface area (Å²) in [6, 6.07) is 6.35. The number of nitrogens with two attached hydrogens (primary N) is 1. The molecule has 0 radical (unpaired) electrons. The van der Waals surface area contributed by atoms with Gasteiger partial charge in [-0.3, -0.25) is 4.79 Å². The molecule has 0 unspecified atom stereocenters. The molecule has 0 saturated carbocycles. The number of benzene rings is 1. The molecule has 0 aliphatic heterocycles. The van der Waals surface area contributed by atoms with E-state index in [0.29, 0.717) is 16.0 Å². The molecular formula is C12H13F5N2O. The molecule has 0 aliphatic carbocycles. The largest absolute Gasteiger partial charge is 0.463 e. The van der Waals surface area contributed by atoms with Gasteiger partial charge in [-0.25, -0.2) is 0 Å². The van der Waals surface area contributed by atoms with Crippen LogP contribution in [0.15, 0.2) is 24.3 Å². The Morgan fingerprint density at radius 1 is 1.15 bits per heavy atom. The molecule has 2 N–H and O–H groups in total. The summed E-state index contributed by atoms with van der Waals surface area (Å²) in [5.41, 5.74) is 6.42. The van der Waals surface area contributed by atoms with Gasteiger partial charge in [0.15, 0.2) is 0 Å². The number of nitrogens with zero attached hydrogens (tertiary/aromatic N) is 1. The fourth-order valence-electron chi connectivity index (χ4n) is 1.60. The summed E-state index contributed by atoms with van der Waals surface area (Å²) in [5.74, 6) is -7.70. The van der Waals surface area contributed by atoms with E-state index in [-0.39, 0.29) is 13.1 Å². The predicted octanol–water partition coefficient (Wildman–Crippen LogP) is 2.30. The molecule has 0 heterocycles. The molecule has 112 valence electrons. The number of rotatable bonds is 4. The normalized spacial score (nSPS) is 12.3. The second-order valence-electron chi connectivity index (χ2n) is 4.21. The van der Waals surface area contributed by atoms with E-state index in [4.69, 9.17) is 5.73 Å². The highest BCUT2D eigenvalue weighted by atomic mass is 19.4. The SMILES string of the molecule is CN(Cc1ccccc1CN)C(=O)C(F)(F)C(F)(F)F. The van der Waals surface area contributed by atoms with E-state index in [9.17, 15) is 26.7 Å². The standard InChI is InChI=1S/C12H13F5N2O/c1-19(10(20)11(13,14)12(15,16)17)7-9-5-3-2-4-8(9)6-18/h2-5H,6-7,18H2,1H3. The minimum Gasteiger partial charge on any atom is -0.336 e. The smallest absolute Gasteiger partial charge is 0.336 e. The summed E-state index contributed by atoms with van der Waals surface area (Å²) < 4.78 is 62.2. The van der Waals surface area contributed by atoms with Crippen molar-refractivity contribution in [1.82, 2.24) is 4.90 Å². The van der Waals surface area contributed by atoms with E-state index in [2.05, 4.69) is 0 Å². The summed E-state index contributed by atoms with van der Waals surface area (Å²) in [7, 11) is 0.884. The molecule has 0 bridgehead atoms. The third-order valence-electron chi connectivity index (χ3n) is 2.72. The number of alkyl halides is 5. The molecule has 0 atom stereocenters. The molecule has 0 aliphatic rings. The van der Waals surface area contributed by atoms with Gasteiger partial charge in [0.2, 0.25) is 0 Å². The molecule has 20 heavy (non-hydrogen) atoms. The van der Waals surface area contributed by atoms with Crippen LogP contribution in [0.5, 0.6) is 0 Å². The van der Waals surface area contributed by atoms with Crippen LogP contribution < -0.4 is 5.73 Å². The molecule has 0 fully saturated rings. The zero-order valence-electron chi connectivity index (χ0n) is 10.5. The lowest BCUT2D eigenvalue weighted by atomic mass is 10.1. The van der Waals surface area contributed by atoms with Crippen molar-refractivity contribution in [2.24, 2.45) is 5.73 Å². The summed E-state index contributed by atoms with van der Waals surface area (Å²) in [4.78, 5) is 11.6. The topological polar surface area (TPSA) is 46.3 Å². The van der Waals surface area contributed by atoms with Gasteiger partial charge in [-0.2, -0.15) is 22.0 Å². The zero-order chi connectivity index (χ0) is 15.6. The van der Waals surface area contributed by atoms with Crippen LogP contribution in [-0.2, 0) is 17.9 Å². The average molecular weight is 296 g/mol. The first-order valence-corrected chi connectivity index (χ1v) is 5.58. The maximum Gasteiger partial charge on any atom is 0.463 e. The average Bonchev–Trinajstić information content (AvgIpc) is 2.37. The Hall–Kier alpha value is -1.70. The van der Waals surface area contributed by atoms with Gasteiger partial charge in [-0.05, 0) is 11.1 Å². The van der Waals surface area contributed by atoms with Crippen molar-refractivity contribution in [2.75, 3.05) is 7.05 Å². The molecule has 8 heteroatoms. The minimum atomic E-state index is -5.91. The van der Waals surface area contributed by atoms with E-state index in [0.717, 1.165) is 7.05 Å². The van der Waals surface area contributed by atoms with Crippen LogP contribution in [0.2, 0.25) is 0 Å². The van der Waals surface area contributed by atoms with Crippen LogP contribution in [0.4, 0.5) is 22.0 Å². The quantitative estimate of drug-likeness (QED) is 0.867. The first-order chi connectivity index (χ1) is 9.11. The monoisotopic (exact) mass is 296 g/mol. The molecule has 0 saturated heterocycles. The first-order valence-electron chi connectivity index (χ1n) is 5.58. The maximum atomic E-state index is 12.9. The zero-order valence-corrected chi connectivity index (χ0v) is 10.5. The first kappa shape index (κ1) is 16.4. The number of amides is 1. The van der Waals surface area contributed by atoms with E-state index < -0.39 is 18.0 Å². The van der Waals surface area contributed by atoms with Crippen LogP contribution in [0.25, 0.3) is 0 Å². The fraction of sp³-hybridized carbons (Fsp3) is 0.417. The number of hydrogen-bond acceptors (Lipinski definition) is 2. The van der Waals surface area contributed by atoms with Crippen molar-refractivity contribution in [3.05, 3.63) is 35.4 Å². The van der Waals surface area contributed by atoms with Crippen molar-refractivity contribution < 1.29 is 26.7 Å². The van der Waals surface area contributed by atoms with E-state index >= 15 is 0 Å². The number of carbonyl (C=O) groups is 1. The van der Waals surface area contributed by atoms with Gasteiger partial charge >= 0.3 is 18.0 Å². The Labute approximate surface area is 112 Å².